The van der Waals surface area contributed by atoms with Gasteiger partial charge in [0.15, 0.2) is 5.78 Å². The molecule has 0 bridgehead atoms. The summed E-state index contributed by atoms with van der Waals surface area (Å²) < 4.78 is 40.7. The number of thiazole rings is 1. The average Bonchev–Trinajstić information content (AvgIpc) is 3.99. The fourth-order valence-corrected chi connectivity index (χ4v) is 11.9. The highest BCUT2D eigenvalue weighted by Crippen LogP contribution is 2.58. The van der Waals surface area contributed by atoms with E-state index in [1.165, 1.54) is 11.3 Å². The molecular formula is C47H54Cl2N4O7S2. The van der Waals surface area contributed by atoms with Crippen LogP contribution in [0.25, 0.3) is 21.6 Å². The van der Waals surface area contributed by atoms with E-state index in [9.17, 15) is 18.0 Å². The van der Waals surface area contributed by atoms with Crippen LogP contribution in [0.2, 0.25) is 10.0 Å². The van der Waals surface area contributed by atoms with Crippen molar-refractivity contribution < 1.29 is 32.3 Å². The van der Waals surface area contributed by atoms with Gasteiger partial charge in [-0.05, 0) is 107 Å². The fourth-order valence-electron chi connectivity index (χ4n) is 9.09. The molecule has 0 unspecified atom stereocenters. The number of hydrogen-bond acceptors (Lipinski definition) is 10. The SMILES string of the molecule is COc1ccc2c(O[C@@H]3C[C@H]4C(=O)C[C@]5(C(=O)NS(=O)(=O)C6(C)CC6)C[C@@H]5/C=C\CCCCC[C@H](Cc5cc(Cl)cc(Cl)c5)C(=O)N4C3)cc(-c3nc(C(C)C)cs3)nc2c1C. The first-order valence-electron chi connectivity index (χ1n) is 21.6. The molecule has 2 aliphatic heterocycles. The Morgan fingerprint density at radius 3 is 2.50 bits per heavy atom. The summed E-state index contributed by atoms with van der Waals surface area (Å²) in [7, 11) is -2.33. The van der Waals surface area contributed by atoms with Crippen molar-refractivity contribution in [1.29, 1.82) is 0 Å². The summed E-state index contributed by atoms with van der Waals surface area (Å²) in [6, 6.07) is 10.0. The lowest BCUT2D eigenvalue weighted by Crippen LogP contribution is -2.47. The summed E-state index contributed by atoms with van der Waals surface area (Å²) in [5.74, 6) is -0.476. The molecule has 2 amide bonds. The number of ketones is 1. The molecule has 0 spiro atoms. The topological polar surface area (TPSA) is 145 Å². The Labute approximate surface area is 378 Å². The van der Waals surface area contributed by atoms with Gasteiger partial charge in [-0.2, -0.15) is 0 Å². The molecule has 2 aromatic carbocycles. The van der Waals surface area contributed by atoms with Crippen LogP contribution in [-0.2, 0) is 30.8 Å². The van der Waals surface area contributed by atoms with E-state index in [0.717, 1.165) is 52.9 Å². The molecule has 8 rings (SSSR count). The van der Waals surface area contributed by atoms with Crippen molar-refractivity contribution in [3.63, 3.8) is 0 Å². The number of rotatable bonds is 10. The first kappa shape index (κ1) is 44.6. The number of nitrogens with zero attached hydrogens (tertiary/aromatic N) is 3. The van der Waals surface area contributed by atoms with Crippen molar-refractivity contribution >= 4 is 73.1 Å². The zero-order chi connectivity index (χ0) is 44.1. The minimum absolute atomic E-state index is 0.125. The van der Waals surface area contributed by atoms with Crippen LogP contribution in [0.15, 0.2) is 53.9 Å². The number of halogens is 2. The molecule has 3 fully saturated rings. The minimum Gasteiger partial charge on any atom is -0.496 e. The highest BCUT2D eigenvalue weighted by molar-refractivity contribution is 7.91. The second-order valence-corrected chi connectivity index (χ2v) is 22.2. The lowest BCUT2D eigenvalue weighted by Gasteiger charge is -2.29. The van der Waals surface area contributed by atoms with E-state index >= 15 is 4.79 Å². The maximum absolute atomic E-state index is 15.1. The number of amides is 2. The second kappa shape index (κ2) is 17.5. The van der Waals surface area contributed by atoms with Crippen LogP contribution in [0, 0.1) is 24.2 Å². The van der Waals surface area contributed by atoms with E-state index < -0.39 is 44.2 Å². The number of carbonyl (C=O) groups is 3. The van der Waals surface area contributed by atoms with Gasteiger partial charge in [-0.25, -0.2) is 18.4 Å². The summed E-state index contributed by atoms with van der Waals surface area (Å²) in [6.45, 7) is 7.89. The number of ether oxygens (including phenoxy) is 2. The van der Waals surface area contributed by atoms with Gasteiger partial charge in [-0.15, -0.1) is 11.3 Å². The van der Waals surface area contributed by atoms with Gasteiger partial charge >= 0.3 is 0 Å². The average molecular weight is 922 g/mol. The van der Waals surface area contributed by atoms with Crippen LogP contribution in [0.5, 0.6) is 11.5 Å². The Morgan fingerprint density at radius 1 is 1.05 bits per heavy atom. The van der Waals surface area contributed by atoms with Crippen LogP contribution in [-0.4, -0.2) is 71.4 Å². The summed E-state index contributed by atoms with van der Waals surface area (Å²) in [6.07, 6.45) is 8.96. The van der Waals surface area contributed by atoms with Crippen LogP contribution in [0.4, 0.5) is 0 Å². The highest BCUT2D eigenvalue weighted by Gasteiger charge is 2.62. The van der Waals surface area contributed by atoms with Crippen molar-refractivity contribution in [1.82, 2.24) is 19.6 Å². The largest absolute Gasteiger partial charge is 0.496 e. The molecule has 1 N–H and O–H groups in total. The minimum atomic E-state index is -3.95. The zero-order valence-electron chi connectivity index (χ0n) is 35.8. The van der Waals surface area contributed by atoms with Gasteiger partial charge in [-0.3, -0.25) is 19.1 Å². The van der Waals surface area contributed by atoms with E-state index in [0.29, 0.717) is 64.9 Å². The Kier molecular flexibility index (Phi) is 12.6. The van der Waals surface area contributed by atoms with E-state index in [-0.39, 0.29) is 42.9 Å². The van der Waals surface area contributed by atoms with Crippen LogP contribution < -0.4 is 14.2 Å². The molecule has 0 radical (unpaired) electrons. The second-order valence-electron chi connectivity index (χ2n) is 18.2. The lowest BCUT2D eigenvalue weighted by molar-refractivity contribution is -0.142. The van der Waals surface area contributed by atoms with Crippen molar-refractivity contribution in [2.75, 3.05) is 13.7 Å². The normalized spacial score (nSPS) is 25.7. The smallest absolute Gasteiger partial charge is 0.240 e. The monoisotopic (exact) mass is 920 g/mol. The predicted molar refractivity (Wildman–Crippen MR) is 244 cm³/mol. The Hall–Kier alpha value is -4.04. The Bertz CT molecular complexity index is 2540. The molecule has 5 atom stereocenters. The highest BCUT2D eigenvalue weighted by atomic mass is 35.5. The number of aryl methyl sites for hydroxylation is 1. The maximum Gasteiger partial charge on any atom is 0.240 e. The number of fused-ring (bicyclic) bond motifs is 3. The summed E-state index contributed by atoms with van der Waals surface area (Å²) in [4.78, 5) is 55.7. The summed E-state index contributed by atoms with van der Waals surface area (Å²) in [5.41, 5.74) is 2.70. The quantitative estimate of drug-likeness (QED) is 0.154. The number of hydrogen-bond donors (Lipinski definition) is 1. The number of benzene rings is 2. The standard InChI is InChI=1S/C47H54Cl2N4O7S2/c1-27(2)37-26-61-43(51-37)36-22-41(35-13-14-40(59-5)28(3)42(35)50-36)60-34-21-38-39(54)24-47(45(56)52-62(57,58)46(4)15-16-46)23-31(47)12-10-8-6-7-9-11-30(44(55)53(38)25-34)17-29-18-32(48)20-33(49)19-29/h10,12-14,18-20,22,26-27,30-31,34,38H,6-9,11,15-17,21,23-25H2,1-5H3,(H,52,56)/b12-10-/t30-,31+,34-,38+,47-/m1/s1. The van der Waals surface area contributed by atoms with Crippen LogP contribution in [0.1, 0.15) is 108 Å². The molecule has 2 aromatic heterocycles. The first-order valence-corrected chi connectivity index (χ1v) is 24.7. The Morgan fingerprint density at radius 2 is 1.81 bits per heavy atom. The molecule has 4 aromatic rings. The predicted octanol–water partition coefficient (Wildman–Crippen LogP) is 9.80. The van der Waals surface area contributed by atoms with Gasteiger partial charge < -0.3 is 14.4 Å². The lowest BCUT2D eigenvalue weighted by atomic mass is 9.90. The fraction of sp³-hybridized carbons (Fsp3) is 0.511. The van der Waals surface area contributed by atoms with Crippen molar-refractivity contribution in [3.05, 3.63) is 80.8 Å². The van der Waals surface area contributed by atoms with Crippen LogP contribution >= 0.6 is 34.5 Å². The van der Waals surface area contributed by atoms with Crippen LogP contribution in [0.3, 0.4) is 0 Å². The summed E-state index contributed by atoms with van der Waals surface area (Å²) in [5, 5.41) is 4.47. The number of carbonyl (C=O) groups excluding carboxylic acids is 3. The van der Waals surface area contributed by atoms with Crippen molar-refractivity contribution in [2.45, 2.75) is 121 Å². The van der Waals surface area contributed by atoms with Gasteiger partial charge in [0.25, 0.3) is 0 Å². The molecule has 11 nitrogen and oxygen atoms in total. The number of Topliss-reactive ketones (excluding diaryl/α,β-unsaturated/α-hetero) is 1. The van der Waals surface area contributed by atoms with E-state index in [2.05, 4.69) is 18.6 Å². The van der Waals surface area contributed by atoms with Crippen molar-refractivity contribution in [2.24, 2.45) is 17.3 Å². The molecule has 4 heterocycles. The maximum atomic E-state index is 15.1. The number of methoxy groups -OCH3 is 1. The van der Waals surface area contributed by atoms with E-state index in [4.69, 9.17) is 42.6 Å². The third-order valence-corrected chi connectivity index (χ3v) is 16.8. The van der Waals surface area contributed by atoms with Gasteiger partial charge in [0.1, 0.15) is 28.3 Å². The van der Waals surface area contributed by atoms with Gasteiger partial charge in [0.2, 0.25) is 21.8 Å². The summed E-state index contributed by atoms with van der Waals surface area (Å²) >= 11 is 14.4. The molecule has 15 heteroatoms. The Balaban J connectivity index is 1.16. The molecular weight excluding hydrogens is 868 g/mol. The van der Waals surface area contributed by atoms with Crippen molar-refractivity contribution in [3.8, 4) is 22.2 Å². The number of aromatic nitrogens is 2. The molecule has 62 heavy (non-hydrogen) atoms. The first-order chi connectivity index (χ1) is 29.5. The molecule has 1 saturated heterocycles. The van der Waals surface area contributed by atoms with E-state index in [1.54, 1.807) is 25.0 Å². The third-order valence-electron chi connectivity index (χ3n) is 13.4. The molecule has 4 aliphatic rings. The molecule has 330 valence electrons. The van der Waals surface area contributed by atoms with Gasteiger partial charge in [0.05, 0.1) is 41.1 Å². The van der Waals surface area contributed by atoms with Gasteiger partial charge in [0, 0.05) is 51.2 Å². The number of pyridine rings is 1. The number of nitrogens with one attached hydrogen (secondary N) is 1. The zero-order valence-corrected chi connectivity index (χ0v) is 39.0. The molecule has 2 saturated carbocycles. The van der Waals surface area contributed by atoms with Gasteiger partial charge in [-0.1, -0.05) is 62.0 Å². The molecule has 2 aliphatic carbocycles. The number of sulfonamides is 1. The number of allylic oxidation sites excluding steroid dienone is 2. The van der Waals surface area contributed by atoms with E-state index in [1.807, 2.05) is 54.8 Å². The third kappa shape index (κ3) is 9.01.